The lowest BCUT2D eigenvalue weighted by atomic mass is 9.85. The topological polar surface area (TPSA) is 57.6 Å². The van der Waals surface area contributed by atoms with E-state index in [2.05, 4.69) is 0 Å². The molecule has 0 bridgehead atoms. The van der Waals surface area contributed by atoms with Crippen LogP contribution in [0.15, 0.2) is 12.2 Å². The summed E-state index contributed by atoms with van der Waals surface area (Å²) in [6, 6.07) is -0.342. The van der Waals surface area contributed by atoms with E-state index in [-0.39, 0.29) is 36.3 Å². The predicted octanol–water partition coefficient (Wildman–Crippen LogP) is 0.708. The van der Waals surface area contributed by atoms with Crippen molar-refractivity contribution in [1.29, 1.82) is 0 Å². The minimum Gasteiger partial charge on any atom is -0.394 e. The molecule has 1 saturated heterocycles. The van der Waals surface area contributed by atoms with Gasteiger partial charge in [0.05, 0.1) is 24.5 Å². The van der Waals surface area contributed by atoms with E-state index in [4.69, 9.17) is 0 Å². The van der Waals surface area contributed by atoms with E-state index >= 15 is 0 Å². The highest BCUT2D eigenvalue weighted by Crippen LogP contribution is 2.36. The molecule has 1 fully saturated rings. The number of aliphatic hydroxyl groups excluding tert-OH is 1. The number of carbonyl (C=O) groups is 2. The zero-order valence-electron chi connectivity index (χ0n) is 9.43. The molecule has 0 radical (unpaired) electrons. The third-order valence-corrected chi connectivity index (χ3v) is 3.59. The van der Waals surface area contributed by atoms with Gasteiger partial charge in [-0.05, 0) is 19.3 Å². The first-order valence-corrected chi connectivity index (χ1v) is 5.83. The van der Waals surface area contributed by atoms with Gasteiger partial charge in [0, 0.05) is 0 Å². The summed E-state index contributed by atoms with van der Waals surface area (Å²) in [5.74, 6) is -0.559. The SMILES string of the molecule is CC[C@@H](CO)N1C(=O)C2CC=CCC2C1=O. The molecular formula is C12H17NO3. The summed E-state index contributed by atoms with van der Waals surface area (Å²) in [5.41, 5.74) is 0. The molecule has 0 aromatic heterocycles. The molecule has 0 spiro atoms. The summed E-state index contributed by atoms with van der Waals surface area (Å²) in [5, 5.41) is 9.19. The van der Waals surface area contributed by atoms with Crippen LogP contribution in [0.25, 0.3) is 0 Å². The molecule has 0 aromatic rings. The third-order valence-electron chi connectivity index (χ3n) is 3.59. The Bertz CT molecular complexity index is 307. The number of hydrogen-bond acceptors (Lipinski definition) is 3. The first-order valence-electron chi connectivity index (χ1n) is 5.83. The number of hydrogen-bond donors (Lipinski definition) is 1. The van der Waals surface area contributed by atoms with Crippen molar-refractivity contribution >= 4 is 11.8 Å². The van der Waals surface area contributed by atoms with Gasteiger partial charge in [-0.3, -0.25) is 14.5 Å². The Labute approximate surface area is 94.9 Å². The maximum absolute atomic E-state index is 12.1. The molecule has 1 N–H and O–H groups in total. The van der Waals surface area contributed by atoms with Crippen molar-refractivity contribution in [2.75, 3.05) is 6.61 Å². The smallest absolute Gasteiger partial charge is 0.233 e. The van der Waals surface area contributed by atoms with Gasteiger partial charge < -0.3 is 5.11 Å². The molecule has 1 aliphatic heterocycles. The lowest BCUT2D eigenvalue weighted by molar-refractivity contribution is -0.143. The number of allylic oxidation sites excluding steroid dienone is 2. The van der Waals surface area contributed by atoms with Gasteiger partial charge in [0.25, 0.3) is 0 Å². The number of amides is 2. The quantitative estimate of drug-likeness (QED) is 0.566. The summed E-state index contributed by atoms with van der Waals surface area (Å²) >= 11 is 0. The van der Waals surface area contributed by atoms with E-state index in [1.165, 1.54) is 4.90 Å². The van der Waals surface area contributed by atoms with Gasteiger partial charge in [-0.1, -0.05) is 19.1 Å². The third kappa shape index (κ3) is 1.57. The van der Waals surface area contributed by atoms with Gasteiger partial charge in [0.15, 0.2) is 0 Å². The second kappa shape index (κ2) is 4.37. The largest absolute Gasteiger partial charge is 0.394 e. The van der Waals surface area contributed by atoms with Crippen molar-refractivity contribution in [2.45, 2.75) is 32.2 Å². The van der Waals surface area contributed by atoms with Crippen LogP contribution in [-0.4, -0.2) is 34.5 Å². The predicted molar refractivity (Wildman–Crippen MR) is 58.4 cm³/mol. The molecule has 2 rings (SSSR count). The summed E-state index contributed by atoms with van der Waals surface area (Å²) in [7, 11) is 0. The number of rotatable bonds is 3. The number of carbonyl (C=O) groups excluding carboxylic acids is 2. The number of likely N-dealkylation sites (tertiary alicyclic amines) is 1. The Balaban J connectivity index is 2.23. The van der Waals surface area contributed by atoms with Crippen molar-refractivity contribution in [3.05, 3.63) is 12.2 Å². The minimum absolute atomic E-state index is 0.0970. The summed E-state index contributed by atoms with van der Waals surface area (Å²) in [6.07, 6.45) is 5.87. The van der Waals surface area contributed by atoms with Gasteiger partial charge in [0.2, 0.25) is 11.8 Å². The van der Waals surface area contributed by atoms with E-state index < -0.39 is 0 Å². The molecule has 0 saturated carbocycles. The Hall–Kier alpha value is -1.16. The molecule has 88 valence electrons. The summed E-state index contributed by atoms with van der Waals surface area (Å²) < 4.78 is 0. The molecule has 1 heterocycles. The maximum Gasteiger partial charge on any atom is 0.233 e. The maximum atomic E-state index is 12.1. The van der Waals surface area contributed by atoms with Gasteiger partial charge in [0.1, 0.15) is 0 Å². The van der Waals surface area contributed by atoms with Gasteiger partial charge in [-0.15, -0.1) is 0 Å². The monoisotopic (exact) mass is 223 g/mol. The zero-order valence-corrected chi connectivity index (χ0v) is 9.43. The van der Waals surface area contributed by atoms with Crippen LogP contribution in [0.1, 0.15) is 26.2 Å². The van der Waals surface area contributed by atoms with Crippen LogP contribution in [-0.2, 0) is 9.59 Å². The van der Waals surface area contributed by atoms with E-state index in [1.807, 2.05) is 19.1 Å². The number of aliphatic hydroxyl groups is 1. The Kier molecular flexibility index (Phi) is 3.10. The van der Waals surface area contributed by atoms with Crippen LogP contribution in [0.5, 0.6) is 0 Å². The van der Waals surface area contributed by atoms with Gasteiger partial charge in [-0.2, -0.15) is 0 Å². The summed E-state index contributed by atoms with van der Waals surface area (Å²) in [6.45, 7) is 1.74. The van der Waals surface area contributed by atoms with Crippen molar-refractivity contribution in [1.82, 2.24) is 4.90 Å². The molecule has 4 heteroatoms. The first kappa shape index (κ1) is 11.3. The number of fused-ring (bicyclic) bond motifs is 1. The molecular weight excluding hydrogens is 206 g/mol. The van der Waals surface area contributed by atoms with Crippen molar-refractivity contribution in [3.8, 4) is 0 Å². The highest BCUT2D eigenvalue weighted by atomic mass is 16.3. The van der Waals surface area contributed by atoms with E-state index in [0.29, 0.717) is 19.3 Å². The first-order chi connectivity index (χ1) is 7.70. The Morgan fingerprint density at radius 3 is 2.19 bits per heavy atom. The Morgan fingerprint density at radius 2 is 1.81 bits per heavy atom. The highest BCUT2D eigenvalue weighted by Gasteiger charge is 2.49. The molecule has 1 aliphatic carbocycles. The van der Waals surface area contributed by atoms with E-state index in [9.17, 15) is 14.7 Å². The minimum atomic E-state index is -0.342. The van der Waals surface area contributed by atoms with Crippen LogP contribution < -0.4 is 0 Å². The Morgan fingerprint density at radius 1 is 1.31 bits per heavy atom. The zero-order chi connectivity index (χ0) is 11.7. The van der Waals surface area contributed by atoms with Crippen LogP contribution in [0, 0.1) is 11.8 Å². The van der Waals surface area contributed by atoms with Gasteiger partial charge in [-0.25, -0.2) is 0 Å². The van der Waals surface area contributed by atoms with Crippen molar-refractivity contribution in [3.63, 3.8) is 0 Å². The van der Waals surface area contributed by atoms with Gasteiger partial charge >= 0.3 is 0 Å². The van der Waals surface area contributed by atoms with Crippen LogP contribution in [0.4, 0.5) is 0 Å². The second-order valence-electron chi connectivity index (χ2n) is 4.45. The molecule has 0 aromatic carbocycles. The van der Waals surface area contributed by atoms with Crippen molar-refractivity contribution < 1.29 is 14.7 Å². The fourth-order valence-corrected chi connectivity index (χ4v) is 2.58. The molecule has 2 unspecified atom stereocenters. The normalized spacial score (nSPS) is 30.8. The highest BCUT2D eigenvalue weighted by molar-refractivity contribution is 6.05. The summed E-state index contributed by atoms with van der Waals surface area (Å²) in [4.78, 5) is 25.4. The number of nitrogens with zero attached hydrogens (tertiary/aromatic N) is 1. The molecule has 3 atom stereocenters. The van der Waals surface area contributed by atoms with E-state index in [0.717, 1.165) is 0 Å². The van der Waals surface area contributed by atoms with Crippen LogP contribution in [0.2, 0.25) is 0 Å². The fourth-order valence-electron chi connectivity index (χ4n) is 2.58. The second-order valence-corrected chi connectivity index (χ2v) is 4.45. The molecule has 2 aliphatic rings. The lowest BCUT2D eigenvalue weighted by Gasteiger charge is -2.23. The van der Waals surface area contributed by atoms with Crippen LogP contribution in [0.3, 0.4) is 0 Å². The molecule has 16 heavy (non-hydrogen) atoms. The molecule has 4 nitrogen and oxygen atoms in total. The standard InChI is InChI=1S/C12H17NO3/c1-2-8(7-14)13-11(15)9-5-3-4-6-10(9)12(13)16/h3-4,8-10,14H,2,5-7H2,1H3/t8-,9?,10?/m0/s1. The lowest BCUT2D eigenvalue weighted by Crippen LogP contribution is -2.42. The van der Waals surface area contributed by atoms with Crippen molar-refractivity contribution in [2.24, 2.45) is 11.8 Å². The van der Waals surface area contributed by atoms with Crippen LogP contribution >= 0.6 is 0 Å². The number of imide groups is 1. The fraction of sp³-hybridized carbons (Fsp3) is 0.667. The molecule has 2 amide bonds. The average Bonchev–Trinajstić information content (AvgIpc) is 2.57. The average molecular weight is 223 g/mol. The van der Waals surface area contributed by atoms with E-state index in [1.54, 1.807) is 0 Å².